The van der Waals surface area contributed by atoms with Crippen LogP contribution in [0.15, 0.2) is 0 Å². The van der Waals surface area contributed by atoms with Crippen molar-refractivity contribution < 1.29 is 9.53 Å². The standard InChI is InChI=1S/C11H18O2/c12-7-3-10-4-8-13-11(9-10)5-1-2-6-11/h7,10H,1-6,8-9H2. The van der Waals surface area contributed by atoms with Crippen LogP contribution in [0.4, 0.5) is 0 Å². The van der Waals surface area contributed by atoms with E-state index in [1.165, 1.54) is 25.7 Å². The molecule has 2 heteroatoms. The smallest absolute Gasteiger partial charge is 0.120 e. The van der Waals surface area contributed by atoms with Crippen LogP contribution in [-0.2, 0) is 9.53 Å². The minimum Gasteiger partial charge on any atom is -0.375 e. The Morgan fingerprint density at radius 2 is 2.15 bits per heavy atom. The molecule has 0 aromatic carbocycles. The third-order valence-corrected chi connectivity index (χ3v) is 3.54. The van der Waals surface area contributed by atoms with Gasteiger partial charge in [-0.15, -0.1) is 0 Å². The molecule has 1 saturated heterocycles. The van der Waals surface area contributed by atoms with Crippen LogP contribution < -0.4 is 0 Å². The van der Waals surface area contributed by atoms with Crippen molar-refractivity contribution in [1.29, 1.82) is 0 Å². The maximum absolute atomic E-state index is 10.4. The van der Waals surface area contributed by atoms with Gasteiger partial charge in [-0.2, -0.15) is 0 Å². The molecule has 0 amide bonds. The molecule has 2 fully saturated rings. The van der Waals surface area contributed by atoms with Crippen molar-refractivity contribution in [1.82, 2.24) is 0 Å². The van der Waals surface area contributed by atoms with Gasteiger partial charge >= 0.3 is 0 Å². The Kier molecular flexibility index (Phi) is 2.68. The molecule has 1 unspecified atom stereocenters. The minimum absolute atomic E-state index is 0.186. The van der Waals surface area contributed by atoms with Crippen LogP contribution >= 0.6 is 0 Å². The van der Waals surface area contributed by atoms with Crippen LogP contribution in [0, 0.1) is 5.92 Å². The van der Waals surface area contributed by atoms with E-state index in [9.17, 15) is 4.79 Å². The second-order valence-electron chi connectivity index (χ2n) is 4.50. The van der Waals surface area contributed by atoms with Crippen molar-refractivity contribution in [3.63, 3.8) is 0 Å². The van der Waals surface area contributed by atoms with Gasteiger partial charge in [0, 0.05) is 13.0 Å². The predicted molar refractivity (Wildman–Crippen MR) is 50.6 cm³/mol. The third-order valence-electron chi connectivity index (χ3n) is 3.54. The summed E-state index contributed by atoms with van der Waals surface area (Å²) in [5.41, 5.74) is 0.186. The first-order valence-corrected chi connectivity index (χ1v) is 5.42. The number of carbonyl (C=O) groups excluding carboxylic acids is 1. The van der Waals surface area contributed by atoms with Crippen LogP contribution in [0.2, 0.25) is 0 Å². The van der Waals surface area contributed by atoms with E-state index < -0.39 is 0 Å². The van der Waals surface area contributed by atoms with E-state index in [4.69, 9.17) is 4.74 Å². The zero-order chi connectivity index (χ0) is 9.15. The summed E-state index contributed by atoms with van der Waals surface area (Å²) in [6.45, 7) is 0.874. The molecular formula is C11H18O2. The molecule has 0 N–H and O–H groups in total. The van der Waals surface area contributed by atoms with Gasteiger partial charge in [0.25, 0.3) is 0 Å². The first kappa shape index (κ1) is 9.20. The summed E-state index contributed by atoms with van der Waals surface area (Å²) in [4.78, 5) is 10.4. The molecule has 0 radical (unpaired) electrons. The molecule has 0 aromatic heterocycles. The van der Waals surface area contributed by atoms with Gasteiger partial charge in [-0.25, -0.2) is 0 Å². The molecule has 2 nitrogen and oxygen atoms in total. The minimum atomic E-state index is 0.186. The summed E-state index contributed by atoms with van der Waals surface area (Å²) < 4.78 is 5.89. The van der Waals surface area contributed by atoms with E-state index in [0.717, 1.165) is 32.2 Å². The maximum atomic E-state index is 10.4. The highest BCUT2D eigenvalue weighted by atomic mass is 16.5. The number of rotatable bonds is 2. The topological polar surface area (TPSA) is 26.3 Å². The van der Waals surface area contributed by atoms with Crippen molar-refractivity contribution in [2.24, 2.45) is 5.92 Å². The lowest BCUT2D eigenvalue weighted by molar-refractivity contribution is -0.114. The van der Waals surface area contributed by atoms with Gasteiger partial charge in [0.1, 0.15) is 6.29 Å². The lowest BCUT2D eigenvalue weighted by atomic mass is 9.83. The molecule has 0 aromatic rings. The van der Waals surface area contributed by atoms with E-state index in [1.54, 1.807) is 0 Å². The Morgan fingerprint density at radius 3 is 2.85 bits per heavy atom. The largest absolute Gasteiger partial charge is 0.375 e. The first-order valence-electron chi connectivity index (χ1n) is 5.42. The zero-order valence-corrected chi connectivity index (χ0v) is 8.13. The van der Waals surface area contributed by atoms with Gasteiger partial charge in [-0.3, -0.25) is 0 Å². The van der Waals surface area contributed by atoms with Crippen molar-refractivity contribution in [2.75, 3.05) is 6.61 Å². The Morgan fingerprint density at radius 1 is 1.38 bits per heavy atom. The fraction of sp³-hybridized carbons (Fsp3) is 0.909. The Labute approximate surface area is 79.7 Å². The number of hydrogen-bond acceptors (Lipinski definition) is 2. The molecular weight excluding hydrogens is 164 g/mol. The molecule has 1 saturated carbocycles. The highest BCUT2D eigenvalue weighted by Gasteiger charge is 2.39. The normalized spacial score (nSPS) is 32.2. The fourth-order valence-corrected chi connectivity index (χ4v) is 2.83. The van der Waals surface area contributed by atoms with Crippen molar-refractivity contribution in [3.8, 4) is 0 Å². The van der Waals surface area contributed by atoms with Gasteiger partial charge in [0.05, 0.1) is 5.60 Å². The van der Waals surface area contributed by atoms with E-state index >= 15 is 0 Å². The van der Waals surface area contributed by atoms with Gasteiger partial charge in [0.15, 0.2) is 0 Å². The summed E-state index contributed by atoms with van der Waals surface area (Å²) in [6, 6.07) is 0. The Balaban J connectivity index is 1.94. The molecule has 1 heterocycles. The third kappa shape index (κ3) is 1.93. The monoisotopic (exact) mass is 182 g/mol. The van der Waals surface area contributed by atoms with E-state index in [2.05, 4.69) is 0 Å². The van der Waals surface area contributed by atoms with Crippen molar-refractivity contribution in [2.45, 2.75) is 50.5 Å². The van der Waals surface area contributed by atoms with Gasteiger partial charge in [0.2, 0.25) is 0 Å². The number of aldehydes is 1. The van der Waals surface area contributed by atoms with Crippen LogP contribution in [0.1, 0.15) is 44.9 Å². The SMILES string of the molecule is O=CCC1CCOC2(CCCC2)C1. The molecule has 13 heavy (non-hydrogen) atoms. The molecule has 1 aliphatic heterocycles. The van der Waals surface area contributed by atoms with Crippen molar-refractivity contribution in [3.05, 3.63) is 0 Å². The highest BCUT2D eigenvalue weighted by molar-refractivity contribution is 5.49. The Hall–Kier alpha value is -0.370. The number of hydrogen-bond donors (Lipinski definition) is 0. The van der Waals surface area contributed by atoms with Crippen LogP contribution in [0.5, 0.6) is 0 Å². The summed E-state index contributed by atoms with van der Waals surface area (Å²) in [5.74, 6) is 0.601. The fourth-order valence-electron chi connectivity index (χ4n) is 2.83. The molecule has 1 spiro atoms. The van der Waals surface area contributed by atoms with Crippen molar-refractivity contribution >= 4 is 6.29 Å². The molecule has 1 aliphatic carbocycles. The first-order chi connectivity index (χ1) is 6.35. The van der Waals surface area contributed by atoms with Crippen LogP contribution in [-0.4, -0.2) is 18.5 Å². The quantitative estimate of drug-likeness (QED) is 0.612. The molecule has 74 valence electrons. The van der Waals surface area contributed by atoms with E-state index in [0.29, 0.717) is 5.92 Å². The van der Waals surface area contributed by atoms with Gasteiger partial charge in [-0.1, -0.05) is 12.8 Å². The molecule has 2 aliphatic rings. The van der Waals surface area contributed by atoms with E-state index in [1.807, 2.05) is 0 Å². The average Bonchev–Trinajstić information content (AvgIpc) is 2.54. The number of ether oxygens (including phenoxy) is 1. The summed E-state index contributed by atoms with van der Waals surface area (Å²) in [6.07, 6.45) is 9.10. The van der Waals surface area contributed by atoms with Crippen LogP contribution in [0.3, 0.4) is 0 Å². The molecule has 0 bridgehead atoms. The van der Waals surface area contributed by atoms with Gasteiger partial charge < -0.3 is 9.53 Å². The van der Waals surface area contributed by atoms with Crippen LogP contribution in [0.25, 0.3) is 0 Å². The Bertz CT molecular complexity index is 183. The summed E-state index contributed by atoms with van der Waals surface area (Å²) >= 11 is 0. The second-order valence-corrected chi connectivity index (χ2v) is 4.50. The lowest BCUT2D eigenvalue weighted by Crippen LogP contribution is -2.37. The summed E-state index contributed by atoms with van der Waals surface area (Å²) in [7, 11) is 0. The van der Waals surface area contributed by atoms with Gasteiger partial charge in [-0.05, 0) is 31.6 Å². The lowest BCUT2D eigenvalue weighted by Gasteiger charge is -2.37. The number of carbonyl (C=O) groups is 1. The summed E-state index contributed by atoms with van der Waals surface area (Å²) in [5, 5.41) is 0. The predicted octanol–water partition coefficient (Wildman–Crippen LogP) is 2.31. The molecule has 1 atom stereocenters. The average molecular weight is 182 g/mol. The molecule has 2 rings (SSSR count). The van der Waals surface area contributed by atoms with E-state index in [-0.39, 0.29) is 5.60 Å². The zero-order valence-electron chi connectivity index (χ0n) is 8.13. The maximum Gasteiger partial charge on any atom is 0.120 e. The second kappa shape index (κ2) is 3.79. The highest BCUT2D eigenvalue weighted by Crippen LogP contribution is 2.42.